The molecule has 11 heteroatoms. The van der Waals surface area contributed by atoms with Crippen LogP contribution in [0.4, 0.5) is 0 Å². The molecule has 8 unspecified atom stereocenters. The highest BCUT2D eigenvalue weighted by atomic mass is 16.8. The Labute approximate surface area is 176 Å². The maximum atomic E-state index is 13.4. The van der Waals surface area contributed by atoms with Gasteiger partial charge in [-0.2, -0.15) is 0 Å². The Balaban J connectivity index is 1.75. The lowest BCUT2D eigenvalue weighted by molar-refractivity contribution is -0.240. The number of hydrogen-bond acceptors (Lipinski definition) is 11. The Morgan fingerprint density at radius 2 is 1.58 bits per heavy atom. The Morgan fingerprint density at radius 1 is 0.935 bits per heavy atom. The largest absolute Gasteiger partial charge is 0.456 e. The molecule has 170 valence electrons. The number of aliphatic hydroxyl groups excluding tert-OH is 3. The van der Waals surface area contributed by atoms with E-state index in [1.165, 1.54) is 6.92 Å². The molecule has 31 heavy (non-hydrogen) atoms. The first-order valence-corrected chi connectivity index (χ1v) is 10.3. The Morgan fingerprint density at radius 3 is 2.19 bits per heavy atom. The van der Waals surface area contributed by atoms with Crippen molar-refractivity contribution in [1.29, 1.82) is 0 Å². The minimum absolute atomic E-state index is 0.792. The van der Waals surface area contributed by atoms with Crippen molar-refractivity contribution in [2.45, 2.75) is 75.7 Å². The van der Waals surface area contributed by atoms with Gasteiger partial charge in [0.25, 0.3) is 0 Å². The number of hydrogen-bond donors (Lipinski definition) is 4. The number of carbonyl (C=O) groups excluding carboxylic acids is 3. The molecule has 0 aromatic rings. The molecule has 0 aromatic carbocycles. The van der Waals surface area contributed by atoms with Gasteiger partial charge >= 0.3 is 17.9 Å². The minimum atomic E-state index is -2.40. The third-order valence-corrected chi connectivity index (χ3v) is 8.95. The fraction of sp³-hybridized carbons (Fsp3) is 0.850. The van der Waals surface area contributed by atoms with Gasteiger partial charge in [-0.25, -0.2) is 9.59 Å². The van der Waals surface area contributed by atoms with Crippen LogP contribution >= 0.6 is 0 Å². The summed E-state index contributed by atoms with van der Waals surface area (Å²) in [7, 11) is 0. The summed E-state index contributed by atoms with van der Waals surface area (Å²) < 4.78 is 22.2. The lowest BCUT2D eigenvalue weighted by atomic mass is 9.51. The van der Waals surface area contributed by atoms with Crippen LogP contribution in [0.3, 0.4) is 0 Å². The molecule has 4 N–H and O–H groups in total. The summed E-state index contributed by atoms with van der Waals surface area (Å²) in [5.74, 6) is -5.22. The van der Waals surface area contributed by atoms with Crippen molar-refractivity contribution < 1.29 is 53.8 Å². The number of rotatable bonds is 0. The predicted molar refractivity (Wildman–Crippen MR) is 93.4 cm³/mol. The number of aliphatic hydroxyl groups is 4. The zero-order chi connectivity index (χ0) is 22.7. The van der Waals surface area contributed by atoms with Gasteiger partial charge in [0.2, 0.25) is 11.9 Å². The first-order chi connectivity index (χ1) is 14.3. The first-order valence-electron chi connectivity index (χ1n) is 10.3. The van der Waals surface area contributed by atoms with Gasteiger partial charge in [0.15, 0.2) is 17.8 Å². The van der Waals surface area contributed by atoms with E-state index in [1.54, 1.807) is 20.8 Å². The third kappa shape index (κ3) is 1.43. The zero-order valence-corrected chi connectivity index (χ0v) is 17.3. The van der Waals surface area contributed by atoms with Crippen LogP contribution in [0.5, 0.6) is 0 Å². The Bertz CT molecular complexity index is 957. The van der Waals surface area contributed by atoms with E-state index in [1.807, 2.05) is 0 Å². The highest BCUT2D eigenvalue weighted by Gasteiger charge is 3.05. The highest BCUT2D eigenvalue weighted by molar-refractivity contribution is 5.94. The van der Waals surface area contributed by atoms with Crippen LogP contribution in [0.25, 0.3) is 0 Å². The number of fused-ring (bicyclic) bond motifs is 1. The molecule has 12 atom stereocenters. The van der Waals surface area contributed by atoms with Crippen LogP contribution in [0.2, 0.25) is 0 Å². The van der Waals surface area contributed by atoms with Crippen LogP contribution in [0.15, 0.2) is 0 Å². The van der Waals surface area contributed by atoms with Gasteiger partial charge in [-0.1, -0.05) is 20.8 Å². The van der Waals surface area contributed by atoms with E-state index in [2.05, 4.69) is 0 Å². The van der Waals surface area contributed by atoms with Gasteiger partial charge in [0.05, 0.1) is 22.9 Å². The van der Waals surface area contributed by atoms with Gasteiger partial charge < -0.3 is 39.4 Å². The van der Waals surface area contributed by atoms with Gasteiger partial charge in [-0.3, -0.25) is 4.79 Å². The molecular formula is C20H24O11. The molecule has 0 radical (unpaired) electrons. The van der Waals surface area contributed by atoms with Crippen molar-refractivity contribution >= 4 is 17.9 Å². The quantitative estimate of drug-likeness (QED) is 0.234. The van der Waals surface area contributed by atoms with Crippen LogP contribution in [0.1, 0.15) is 27.7 Å². The van der Waals surface area contributed by atoms with Gasteiger partial charge in [-0.15, -0.1) is 0 Å². The van der Waals surface area contributed by atoms with E-state index in [-0.39, 0.29) is 0 Å². The second-order valence-corrected chi connectivity index (χ2v) is 10.8. The van der Waals surface area contributed by atoms with Crippen molar-refractivity contribution in [3.8, 4) is 0 Å². The smallest absolute Gasteiger partial charge is 0.343 e. The van der Waals surface area contributed by atoms with Crippen molar-refractivity contribution in [3.63, 3.8) is 0 Å². The first kappa shape index (κ1) is 19.9. The molecule has 0 bridgehead atoms. The molecule has 0 aromatic heterocycles. The predicted octanol–water partition coefficient (Wildman–Crippen LogP) is -2.40. The molecule has 2 spiro atoms. The van der Waals surface area contributed by atoms with Crippen molar-refractivity contribution in [2.24, 2.45) is 28.1 Å². The normalized spacial score (nSPS) is 61.0. The summed E-state index contributed by atoms with van der Waals surface area (Å²) in [6.07, 6.45) is -9.69. The van der Waals surface area contributed by atoms with E-state index in [0.29, 0.717) is 0 Å². The average Bonchev–Trinajstić information content (AvgIpc) is 3.35. The van der Waals surface area contributed by atoms with Crippen LogP contribution in [-0.4, -0.2) is 86.3 Å². The maximum Gasteiger partial charge on any atom is 0.343 e. The van der Waals surface area contributed by atoms with E-state index < -0.39 is 94.0 Å². The molecular weight excluding hydrogens is 416 g/mol. The van der Waals surface area contributed by atoms with Crippen LogP contribution in [-0.2, 0) is 33.3 Å². The molecule has 4 saturated heterocycles. The van der Waals surface area contributed by atoms with Crippen molar-refractivity contribution in [3.05, 3.63) is 0 Å². The van der Waals surface area contributed by atoms with E-state index in [4.69, 9.17) is 18.9 Å². The lowest BCUT2D eigenvalue weighted by Gasteiger charge is -2.47. The average molecular weight is 440 g/mol. The summed E-state index contributed by atoms with van der Waals surface area (Å²) in [6, 6.07) is 0. The standard InChI is InChI=1S/C20H24O11/c1-5-12(24)28-11-8(22)18-10-6(21)7(16(2,3)4)17(18)9(23)13(25)30-15(17)31-20(18,14(26)29-10)19(5,11)27/h5-11,15,21-23,27H,1-4H3/t5?,6-,7?,8?,9?,10?,11+,15?,17?,18?,19-,20+/m1/s1. The SMILES string of the molecule is CC1C(=O)O[C@H]2C(O)C34C5OC(=O)[C@@]3(OC3OC(=O)C(O)C34C(C(C)(C)C)[C@H]5O)[C@@]12O. The van der Waals surface area contributed by atoms with Gasteiger partial charge in [0.1, 0.15) is 12.2 Å². The number of ether oxygens (including phenoxy) is 4. The summed E-state index contributed by atoms with van der Waals surface area (Å²) in [6.45, 7) is 6.63. The molecule has 6 aliphatic rings. The fourth-order valence-electron chi connectivity index (χ4n) is 8.27. The summed E-state index contributed by atoms with van der Waals surface area (Å²) in [4.78, 5) is 38.3. The fourth-order valence-corrected chi connectivity index (χ4v) is 8.27. The molecule has 2 saturated carbocycles. The summed E-state index contributed by atoms with van der Waals surface area (Å²) >= 11 is 0. The molecule has 6 rings (SSSR count). The number of esters is 3. The van der Waals surface area contributed by atoms with E-state index in [9.17, 15) is 34.8 Å². The lowest BCUT2D eigenvalue weighted by Crippen LogP contribution is -2.67. The van der Waals surface area contributed by atoms with Gasteiger partial charge in [-0.05, 0) is 12.3 Å². The Hall–Kier alpha value is -1.79. The van der Waals surface area contributed by atoms with Crippen molar-refractivity contribution in [2.75, 3.05) is 0 Å². The molecule has 4 aliphatic heterocycles. The molecule has 6 fully saturated rings. The highest BCUT2D eigenvalue weighted by Crippen LogP contribution is 2.84. The topological polar surface area (TPSA) is 169 Å². The zero-order valence-electron chi connectivity index (χ0n) is 17.3. The van der Waals surface area contributed by atoms with E-state index >= 15 is 0 Å². The number of carbonyl (C=O) groups is 3. The van der Waals surface area contributed by atoms with Crippen LogP contribution in [0, 0.1) is 28.1 Å². The van der Waals surface area contributed by atoms with Gasteiger partial charge in [0, 0.05) is 5.92 Å². The second kappa shape index (κ2) is 4.91. The molecule has 0 amide bonds. The molecule has 11 nitrogen and oxygen atoms in total. The maximum absolute atomic E-state index is 13.4. The van der Waals surface area contributed by atoms with Crippen molar-refractivity contribution in [1.82, 2.24) is 0 Å². The van der Waals surface area contributed by atoms with E-state index in [0.717, 1.165) is 0 Å². The summed E-state index contributed by atoms with van der Waals surface area (Å²) in [5.41, 5.74) is -9.40. The third-order valence-electron chi connectivity index (χ3n) is 8.95. The minimum Gasteiger partial charge on any atom is -0.456 e. The second-order valence-electron chi connectivity index (χ2n) is 10.8. The monoisotopic (exact) mass is 440 g/mol. The van der Waals surface area contributed by atoms with Crippen LogP contribution < -0.4 is 0 Å². The molecule has 2 aliphatic carbocycles. The summed E-state index contributed by atoms with van der Waals surface area (Å²) in [5, 5.41) is 46.1. The Kier molecular flexibility index (Phi) is 3.15. The molecule has 4 heterocycles.